The topological polar surface area (TPSA) is 122 Å². The number of benzene rings is 3. The molecule has 0 aliphatic carbocycles. The molecular weight excluding hydrogens is 600 g/mol. The number of nitrogens with one attached hydrogen (secondary N) is 1. The molecule has 3 aromatic carbocycles. The first-order chi connectivity index (χ1) is 21.5. The van der Waals surface area contributed by atoms with Crippen molar-refractivity contribution in [2.45, 2.75) is 70.9 Å². The highest BCUT2D eigenvalue weighted by Gasteiger charge is 2.31. The number of amides is 1. The number of halogens is 2. The number of nitrogens with two attached hydrogens (primary N) is 1. The smallest absolute Gasteiger partial charge is 0.241 e. The summed E-state index contributed by atoms with van der Waals surface area (Å²) in [6, 6.07) is 18.0. The summed E-state index contributed by atoms with van der Waals surface area (Å²) in [5.74, 6) is -2.56. The van der Waals surface area contributed by atoms with Crippen LogP contribution >= 0.6 is 0 Å². The van der Waals surface area contributed by atoms with Gasteiger partial charge in [0.05, 0.1) is 30.9 Å². The molecule has 0 aliphatic rings. The molecule has 3 rings (SSSR count). The summed E-state index contributed by atoms with van der Waals surface area (Å²) in [7, 11) is -3.61. The van der Waals surface area contributed by atoms with Crippen molar-refractivity contribution in [3.8, 4) is 0 Å². The van der Waals surface area contributed by atoms with Gasteiger partial charge in [-0.3, -0.25) is 10.1 Å². The largest absolute Gasteiger partial charge is 0.390 e. The van der Waals surface area contributed by atoms with E-state index < -0.39 is 51.3 Å². The Morgan fingerprint density at radius 1 is 0.956 bits per heavy atom. The number of aliphatic hydroxyl groups is 1. The van der Waals surface area contributed by atoms with Crippen LogP contribution in [0.2, 0.25) is 0 Å². The molecule has 246 valence electrons. The van der Waals surface area contributed by atoms with Gasteiger partial charge in [-0.15, -0.1) is 0 Å². The van der Waals surface area contributed by atoms with Crippen LogP contribution in [0.3, 0.4) is 0 Å². The van der Waals surface area contributed by atoms with E-state index >= 15 is 0 Å². The van der Waals surface area contributed by atoms with Crippen molar-refractivity contribution in [3.63, 3.8) is 0 Å². The van der Waals surface area contributed by atoms with E-state index in [-0.39, 0.29) is 44.2 Å². The highest BCUT2D eigenvalue weighted by atomic mass is 32.2. The minimum absolute atomic E-state index is 0.0381. The molecule has 1 amide bonds. The van der Waals surface area contributed by atoms with Gasteiger partial charge in [0.2, 0.25) is 5.91 Å². The second-order valence-electron chi connectivity index (χ2n) is 11.3. The van der Waals surface area contributed by atoms with E-state index in [2.05, 4.69) is 5.32 Å². The van der Waals surface area contributed by atoms with Gasteiger partial charge >= 0.3 is 0 Å². The molecule has 0 bridgehead atoms. The number of hydrogen-bond donors (Lipinski definition) is 3. The standard InChI is InChI=1S/C34H45F2N3O5S/c1-3-5-14-45(42,43)23-32(38-24-44-22-26-10-7-6-8-11-26)34(41)39(20-27-13-9-12-25(4-2)15-27)21-33(40)31(37)18-28-16-29(35)19-30(36)17-28/h6-13,15-17,19,31-33,38,40H,3-5,14,18,20-24,37H2,1-2H3. The van der Waals surface area contributed by atoms with Gasteiger partial charge < -0.3 is 20.5 Å². The molecule has 0 heterocycles. The molecule has 0 aromatic heterocycles. The summed E-state index contributed by atoms with van der Waals surface area (Å²) >= 11 is 0. The van der Waals surface area contributed by atoms with Crippen LogP contribution in [0.5, 0.6) is 0 Å². The average molecular weight is 646 g/mol. The lowest BCUT2D eigenvalue weighted by Gasteiger charge is -2.31. The first-order valence-corrected chi connectivity index (χ1v) is 17.1. The second kappa shape index (κ2) is 18.1. The van der Waals surface area contributed by atoms with Gasteiger partial charge in [-0.25, -0.2) is 17.2 Å². The number of unbranched alkanes of at least 4 members (excludes halogenated alkanes) is 1. The lowest BCUT2D eigenvalue weighted by atomic mass is 10.0. The van der Waals surface area contributed by atoms with Gasteiger partial charge in [-0.2, -0.15) is 0 Å². The fraction of sp³-hybridized carbons (Fsp3) is 0.441. The van der Waals surface area contributed by atoms with Crippen molar-refractivity contribution < 1.29 is 31.8 Å². The minimum Gasteiger partial charge on any atom is -0.390 e. The first-order valence-electron chi connectivity index (χ1n) is 15.3. The molecule has 4 N–H and O–H groups in total. The second-order valence-corrected chi connectivity index (χ2v) is 13.5. The van der Waals surface area contributed by atoms with Crippen LogP contribution in [0.1, 0.15) is 48.9 Å². The van der Waals surface area contributed by atoms with Gasteiger partial charge in [0.1, 0.15) is 17.7 Å². The Morgan fingerprint density at radius 3 is 2.29 bits per heavy atom. The van der Waals surface area contributed by atoms with Crippen LogP contribution in [0.4, 0.5) is 8.78 Å². The molecule has 8 nitrogen and oxygen atoms in total. The van der Waals surface area contributed by atoms with Crippen molar-refractivity contribution in [2.24, 2.45) is 5.73 Å². The fourth-order valence-electron chi connectivity index (χ4n) is 4.94. The van der Waals surface area contributed by atoms with E-state index in [1.54, 1.807) is 0 Å². The van der Waals surface area contributed by atoms with E-state index in [4.69, 9.17) is 10.5 Å². The summed E-state index contributed by atoms with van der Waals surface area (Å²) in [6.45, 7) is 3.94. The Bertz CT molecular complexity index is 1440. The van der Waals surface area contributed by atoms with Crippen LogP contribution in [0, 0.1) is 11.6 Å². The lowest BCUT2D eigenvalue weighted by molar-refractivity contribution is -0.135. The SMILES string of the molecule is CCCCS(=O)(=O)CC(NCOCc1ccccc1)C(=O)N(Cc1cccc(CC)c1)CC(O)C(N)Cc1cc(F)cc(F)c1. The van der Waals surface area contributed by atoms with Crippen molar-refractivity contribution in [1.29, 1.82) is 0 Å². The highest BCUT2D eigenvalue weighted by Crippen LogP contribution is 2.15. The summed E-state index contributed by atoms with van der Waals surface area (Å²) in [5.41, 5.74) is 9.30. The normalized spacial score (nSPS) is 13.7. The number of carbonyl (C=O) groups is 1. The zero-order chi connectivity index (χ0) is 32.8. The zero-order valence-electron chi connectivity index (χ0n) is 26.0. The Labute approximate surface area is 265 Å². The monoisotopic (exact) mass is 645 g/mol. The number of rotatable bonds is 19. The van der Waals surface area contributed by atoms with Crippen LogP contribution in [0.25, 0.3) is 0 Å². The minimum atomic E-state index is -3.61. The summed E-state index contributed by atoms with van der Waals surface area (Å²) in [4.78, 5) is 15.5. The predicted octanol–water partition coefficient (Wildman–Crippen LogP) is 4.13. The van der Waals surface area contributed by atoms with Crippen LogP contribution < -0.4 is 11.1 Å². The lowest BCUT2D eigenvalue weighted by Crippen LogP contribution is -2.54. The molecule has 0 saturated carbocycles. The molecule has 0 fully saturated rings. The molecule has 0 spiro atoms. The number of carbonyl (C=O) groups excluding carboxylic acids is 1. The molecule has 3 atom stereocenters. The van der Waals surface area contributed by atoms with Gasteiger partial charge in [0.25, 0.3) is 0 Å². The Hall–Kier alpha value is -3.22. The van der Waals surface area contributed by atoms with Crippen molar-refractivity contribution in [1.82, 2.24) is 10.2 Å². The molecule has 11 heteroatoms. The predicted molar refractivity (Wildman–Crippen MR) is 172 cm³/mol. The number of nitrogens with zero attached hydrogens (tertiary/aromatic N) is 1. The van der Waals surface area contributed by atoms with Crippen molar-refractivity contribution in [3.05, 3.63) is 107 Å². The average Bonchev–Trinajstić information content (AvgIpc) is 3.00. The van der Waals surface area contributed by atoms with Gasteiger partial charge in [-0.05, 0) is 53.6 Å². The summed E-state index contributed by atoms with van der Waals surface area (Å²) < 4.78 is 59.3. The quantitative estimate of drug-likeness (QED) is 0.132. The number of sulfone groups is 1. The van der Waals surface area contributed by atoms with Gasteiger partial charge in [0, 0.05) is 25.2 Å². The first kappa shape index (κ1) is 36.3. The van der Waals surface area contributed by atoms with E-state index in [0.29, 0.717) is 12.8 Å². The molecule has 3 unspecified atom stereocenters. The van der Waals surface area contributed by atoms with Gasteiger partial charge in [-0.1, -0.05) is 74.9 Å². The molecule has 0 aliphatic heterocycles. The highest BCUT2D eigenvalue weighted by molar-refractivity contribution is 7.91. The molecule has 0 saturated heterocycles. The number of ether oxygens (including phenoxy) is 1. The molecule has 3 aromatic rings. The van der Waals surface area contributed by atoms with Crippen molar-refractivity contribution >= 4 is 15.7 Å². The maximum absolute atomic E-state index is 14.1. The van der Waals surface area contributed by atoms with Crippen molar-refractivity contribution in [2.75, 3.05) is 24.8 Å². The van der Waals surface area contributed by atoms with E-state index in [1.807, 2.05) is 68.4 Å². The van der Waals surface area contributed by atoms with Gasteiger partial charge in [0.15, 0.2) is 9.84 Å². The number of aliphatic hydroxyl groups excluding tert-OH is 1. The maximum Gasteiger partial charge on any atom is 0.241 e. The third kappa shape index (κ3) is 12.6. The summed E-state index contributed by atoms with van der Waals surface area (Å²) in [5, 5.41) is 14.1. The Morgan fingerprint density at radius 2 is 1.62 bits per heavy atom. The zero-order valence-corrected chi connectivity index (χ0v) is 26.8. The fourth-order valence-corrected chi connectivity index (χ4v) is 6.60. The third-order valence-electron chi connectivity index (χ3n) is 7.45. The van der Waals surface area contributed by atoms with Crippen LogP contribution in [-0.2, 0) is 45.4 Å². The van der Waals surface area contributed by atoms with Crippen LogP contribution in [0.15, 0.2) is 72.8 Å². The maximum atomic E-state index is 14.1. The van der Waals surface area contributed by atoms with E-state index in [9.17, 15) is 27.1 Å². The van der Waals surface area contributed by atoms with E-state index in [1.165, 1.54) is 4.90 Å². The van der Waals surface area contributed by atoms with Crippen LogP contribution in [-0.4, -0.2) is 67.3 Å². The Balaban J connectivity index is 1.83. The number of aryl methyl sites for hydroxylation is 1. The summed E-state index contributed by atoms with van der Waals surface area (Å²) in [6.07, 6.45) is 0.614. The number of hydrogen-bond acceptors (Lipinski definition) is 7. The molecule has 45 heavy (non-hydrogen) atoms. The van der Waals surface area contributed by atoms with E-state index in [0.717, 1.165) is 41.3 Å². The third-order valence-corrected chi connectivity index (χ3v) is 9.20. The Kier molecular flexibility index (Phi) is 14.5. The molecular formula is C34H45F2N3O5S. The molecule has 0 radical (unpaired) electrons.